The molecule has 2 aromatic heterocycles. The molecule has 2 heterocycles. The number of nitrogens with one attached hydrogen (secondary N) is 1. The summed E-state index contributed by atoms with van der Waals surface area (Å²) in [6.45, 7) is 2.06. The third-order valence-corrected chi connectivity index (χ3v) is 2.72. The van der Waals surface area contributed by atoms with Crippen molar-refractivity contribution in [1.82, 2.24) is 20.2 Å². The molecule has 0 saturated heterocycles. The summed E-state index contributed by atoms with van der Waals surface area (Å²) in [6.07, 6.45) is 3.48. The smallest absolute Gasteiger partial charge is 0.181 e. The Morgan fingerprint density at radius 2 is 1.83 bits per heavy atom. The van der Waals surface area contributed by atoms with Gasteiger partial charge in [0.2, 0.25) is 0 Å². The van der Waals surface area contributed by atoms with Crippen molar-refractivity contribution in [3.63, 3.8) is 0 Å². The van der Waals surface area contributed by atoms with Crippen LogP contribution in [-0.4, -0.2) is 20.2 Å². The van der Waals surface area contributed by atoms with E-state index >= 15 is 0 Å². The highest BCUT2D eigenvalue weighted by molar-refractivity contribution is 5.61. The molecule has 0 fully saturated rings. The average molecular weight is 236 g/mol. The van der Waals surface area contributed by atoms with Gasteiger partial charge in [0, 0.05) is 23.5 Å². The van der Waals surface area contributed by atoms with Gasteiger partial charge in [0.1, 0.15) is 0 Å². The number of aryl methyl sites for hydroxylation is 1. The fourth-order valence-corrected chi connectivity index (χ4v) is 1.81. The van der Waals surface area contributed by atoms with E-state index in [0.29, 0.717) is 5.82 Å². The van der Waals surface area contributed by atoms with Gasteiger partial charge < -0.3 is 0 Å². The van der Waals surface area contributed by atoms with Crippen LogP contribution in [0.25, 0.3) is 22.8 Å². The van der Waals surface area contributed by atoms with Crippen LogP contribution in [0.15, 0.2) is 48.8 Å². The zero-order valence-electron chi connectivity index (χ0n) is 9.96. The lowest BCUT2D eigenvalue weighted by atomic mass is 10.1. The average Bonchev–Trinajstić information content (AvgIpc) is 2.89. The quantitative estimate of drug-likeness (QED) is 0.744. The van der Waals surface area contributed by atoms with Crippen LogP contribution in [0.3, 0.4) is 0 Å². The van der Waals surface area contributed by atoms with E-state index in [1.54, 1.807) is 12.4 Å². The van der Waals surface area contributed by atoms with Crippen molar-refractivity contribution in [3.8, 4) is 22.8 Å². The monoisotopic (exact) mass is 236 g/mol. The van der Waals surface area contributed by atoms with Crippen LogP contribution in [-0.2, 0) is 0 Å². The molecule has 88 valence electrons. The first-order chi connectivity index (χ1) is 8.83. The number of rotatable bonds is 2. The lowest BCUT2D eigenvalue weighted by Gasteiger charge is -1.96. The van der Waals surface area contributed by atoms with Gasteiger partial charge in [0.15, 0.2) is 11.6 Å². The van der Waals surface area contributed by atoms with Gasteiger partial charge in [-0.3, -0.25) is 10.1 Å². The van der Waals surface area contributed by atoms with Gasteiger partial charge in [0.25, 0.3) is 0 Å². The van der Waals surface area contributed by atoms with Crippen molar-refractivity contribution >= 4 is 0 Å². The van der Waals surface area contributed by atoms with Crippen LogP contribution >= 0.6 is 0 Å². The first-order valence-corrected chi connectivity index (χ1v) is 5.73. The second-order valence-corrected chi connectivity index (χ2v) is 4.11. The van der Waals surface area contributed by atoms with Gasteiger partial charge in [-0.2, -0.15) is 5.10 Å². The third kappa shape index (κ3) is 2.00. The Bertz CT molecular complexity index is 658. The zero-order chi connectivity index (χ0) is 12.4. The predicted molar refractivity (Wildman–Crippen MR) is 69.8 cm³/mol. The molecular formula is C14H12N4. The third-order valence-electron chi connectivity index (χ3n) is 2.72. The summed E-state index contributed by atoms with van der Waals surface area (Å²) in [6, 6.07) is 11.9. The molecule has 0 radical (unpaired) electrons. The largest absolute Gasteiger partial charge is 0.265 e. The number of aromatic nitrogens is 4. The fourth-order valence-electron chi connectivity index (χ4n) is 1.81. The summed E-state index contributed by atoms with van der Waals surface area (Å²) < 4.78 is 0. The Morgan fingerprint density at radius 1 is 1.00 bits per heavy atom. The number of H-pyrrole nitrogens is 1. The Balaban J connectivity index is 2.00. The molecule has 3 rings (SSSR count). The lowest BCUT2D eigenvalue weighted by molar-refractivity contribution is 1.10. The molecule has 0 aliphatic rings. The summed E-state index contributed by atoms with van der Waals surface area (Å²) in [5.41, 5.74) is 3.20. The number of pyridine rings is 1. The van der Waals surface area contributed by atoms with E-state index in [-0.39, 0.29) is 0 Å². The van der Waals surface area contributed by atoms with Gasteiger partial charge in [-0.05, 0) is 25.1 Å². The first kappa shape index (κ1) is 10.7. The highest BCUT2D eigenvalue weighted by atomic mass is 15.2. The SMILES string of the molecule is Cc1cccc(-c2n[nH]c(-c3ccncc3)n2)c1. The molecule has 4 nitrogen and oxygen atoms in total. The molecule has 0 aliphatic carbocycles. The standard InChI is InChI=1S/C14H12N4/c1-10-3-2-4-12(9-10)14-16-13(17-18-14)11-5-7-15-8-6-11/h2-9H,1H3,(H,16,17,18). The lowest BCUT2D eigenvalue weighted by Crippen LogP contribution is -1.82. The highest BCUT2D eigenvalue weighted by Gasteiger charge is 2.07. The second-order valence-electron chi connectivity index (χ2n) is 4.11. The summed E-state index contributed by atoms with van der Waals surface area (Å²) in [4.78, 5) is 8.48. The number of hydrogen-bond donors (Lipinski definition) is 1. The van der Waals surface area contributed by atoms with Gasteiger partial charge in [-0.25, -0.2) is 4.98 Å². The van der Waals surface area contributed by atoms with E-state index < -0.39 is 0 Å². The Hall–Kier alpha value is -2.49. The number of hydrogen-bond acceptors (Lipinski definition) is 3. The van der Waals surface area contributed by atoms with E-state index in [0.717, 1.165) is 17.0 Å². The van der Waals surface area contributed by atoms with Crippen LogP contribution < -0.4 is 0 Å². The summed E-state index contributed by atoms with van der Waals surface area (Å²) >= 11 is 0. The van der Waals surface area contributed by atoms with Crippen LogP contribution in [0.4, 0.5) is 0 Å². The van der Waals surface area contributed by atoms with Gasteiger partial charge in [0.05, 0.1) is 0 Å². The van der Waals surface area contributed by atoms with Crippen LogP contribution in [0.1, 0.15) is 5.56 Å². The number of nitrogens with zero attached hydrogens (tertiary/aromatic N) is 3. The molecule has 0 spiro atoms. The Labute approximate surface area is 105 Å². The number of benzene rings is 1. The zero-order valence-corrected chi connectivity index (χ0v) is 9.96. The van der Waals surface area contributed by atoms with E-state index in [4.69, 9.17) is 0 Å². The van der Waals surface area contributed by atoms with Gasteiger partial charge in [-0.15, -0.1) is 0 Å². The van der Waals surface area contributed by atoms with Crippen molar-refractivity contribution in [2.24, 2.45) is 0 Å². The van der Waals surface area contributed by atoms with E-state index in [1.165, 1.54) is 5.56 Å². The van der Waals surface area contributed by atoms with Crippen LogP contribution in [0.2, 0.25) is 0 Å². The Kier molecular flexibility index (Phi) is 2.61. The maximum Gasteiger partial charge on any atom is 0.181 e. The molecule has 0 amide bonds. The minimum atomic E-state index is 0.713. The topological polar surface area (TPSA) is 54.5 Å². The predicted octanol–water partition coefficient (Wildman–Crippen LogP) is 2.84. The molecule has 0 bridgehead atoms. The Morgan fingerprint density at radius 3 is 2.61 bits per heavy atom. The fraction of sp³-hybridized carbons (Fsp3) is 0.0714. The van der Waals surface area contributed by atoms with Gasteiger partial charge in [-0.1, -0.05) is 23.8 Å². The van der Waals surface area contributed by atoms with E-state index in [9.17, 15) is 0 Å². The summed E-state index contributed by atoms with van der Waals surface area (Å²) in [7, 11) is 0. The normalized spacial score (nSPS) is 10.5. The number of aromatic amines is 1. The minimum absolute atomic E-state index is 0.713. The molecule has 0 unspecified atom stereocenters. The van der Waals surface area contributed by atoms with Crippen molar-refractivity contribution in [2.45, 2.75) is 6.92 Å². The highest BCUT2D eigenvalue weighted by Crippen LogP contribution is 2.19. The minimum Gasteiger partial charge on any atom is -0.265 e. The van der Waals surface area contributed by atoms with E-state index in [2.05, 4.69) is 39.2 Å². The van der Waals surface area contributed by atoms with Crippen LogP contribution in [0.5, 0.6) is 0 Å². The summed E-state index contributed by atoms with van der Waals surface area (Å²) in [5, 5.41) is 7.20. The molecule has 18 heavy (non-hydrogen) atoms. The van der Waals surface area contributed by atoms with Crippen molar-refractivity contribution in [2.75, 3.05) is 0 Å². The molecule has 0 atom stereocenters. The maximum absolute atomic E-state index is 4.50. The van der Waals surface area contributed by atoms with Crippen molar-refractivity contribution in [1.29, 1.82) is 0 Å². The summed E-state index contributed by atoms with van der Waals surface area (Å²) in [5.74, 6) is 1.47. The van der Waals surface area contributed by atoms with Crippen molar-refractivity contribution < 1.29 is 0 Å². The molecular weight excluding hydrogens is 224 g/mol. The van der Waals surface area contributed by atoms with Crippen LogP contribution in [0, 0.1) is 6.92 Å². The second kappa shape index (κ2) is 4.41. The van der Waals surface area contributed by atoms with E-state index in [1.807, 2.05) is 24.3 Å². The molecule has 0 saturated carbocycles. The molecule has 1 aromatic carbocycles. The molecule has 1 N–H and O–H groups in total. The first-order valence-electron chi connectivity index (χ1n) is 5.73. The van der Waals surface area contributed by atoms with Crippen molar-refractivity contribution in [3.05, 3.63) is 54.4 Å². The maximum atomic E-state index is 4.50. The molecule has 3 aromatic rings. The molecule has 0 aliphatic heterocycles. The molecule has 4 heteroatoms. The van der Waals surface area contributed by atoms with Gasteiger partial charge >= 0.3 is 0 Å².